The first kappa shape index (κ1) is 11.8. The van der Waals surface area contributed by atoms with E-state index >= 15 is 0 Å². The SMILES string of the molecule is O=C(Oc1cc2cc(Cl)ccc2[nH]1)c1ccccc1. The van der Waals surface area contributed by atoms with Crippen LogP contribution in [0.5, 0.6) is 5.88 Å². The van der Waals surface area contributed by atoms with Crippen LogP contribution in [-0.4, -0.2) is 11.0 Å². The quantitative estimate of drug-likeness (QED) is 0.715. The van der Waals surface area contributed by atoms with E-state index in [9.17, 15) is 4.79 Å². The molecule has 0 saturated heterocycles. The Morgan fingerprint density at radius 1 is 1.05 bits per heavy atom. The average molecular weight is 272 g/mol. The van der Waals surface area contributed by atoms with Crippen molar-refractivity contribution in [2.75, 3.05) is 0 Å². The van der Waals surface area contributed by atoms with Gasteiger partial charge in [0.2, 0.25) is 5.88 Å². The lowest BCUT2D eigenvalue weighted by molar-refractivity contribution is 0.0729. The zero-order valence-corrected chi connectivity index (χ0v) is 10.6. The highest BCUT2D eigenvalue weighted by Crippen LogP contribution is 2.24. The van der Waals surface area contributed by atoms with Crippen molar-refractivity contribution in [3.63, 3.8) is 0 Å². The maximum atomic E-state index is 11.9. The van der Waals surface area contributed by atoms with Crippen molar-refractivity contribution >= 4 is 28.5 Å². The van der Waals surface area contributed by atoms with E-state index in [1.54, 1.807) is 36.4 Å². The highest BCUT2D eigenvalue weighted by Gasteiger charge is 2.10. The Kier molecular flexibility index (Phi) is 2.97. The van der Waals surface area contributed by atoms with Crippen molar-refractivity contribution < 1.29 is 9.53 Å². The van der Waals surface area contributed by atoms with E-state index in [2.05, 4.69) is 4.98 Å². The minimum Gasteiger partial charge on any atom is -0.406 e. The second-order valence-electron chi connectivity index (χ2n) is 4.12. The molecule has 0 radical (unpaired) electrons. The Morgan fingerprint density at radius 2 is 1.84 bits per heavy atom. The minimum atomic E-state index is -0.391. The number of aromatic amines is 1. The largest absolute Gasteiger partial charge is 0.406 e. The Morgan fingerprint density at radius 3 is 2.63 bits per heavy atom. The van der Waals surface area contributed by atoms with Gasteiger partial charge in [0.1, 0.15) is 0 Å². The molecule has 0 aliphatic heterocycles. The van der Waals surface area contributed by atoms with Gasteiger partial charge in [0.25, 0.3) is 0 Å². The summed E-state index contributed by atoms with van der Waals surface area (Å²) in [5, 5.41) is 1.55. The molecule has 94 valence electrons. The van der Waals surface area contributed by atoms with Gasteiger partial charge in [0.15, 0.2) is 0 Å². The number of carbonyl (C=O) groups is 1. The van der Waals surface area contributed by atoms with Gasteiger partial charge in [-0.25, -0.2) is 4.79 Å². The molecule has 0 aliphatic carbocycles. The van der Waals surface area contributed by atoms with Gasteiger partial charge in [-0.15, -0.1) is 0 Å². The number of rotatable bonds is 2. The maximum Gasteiger partial charge on any atom is 0.344 e. The Bertz CT molecular complexity index is 734. The molecule has 3 nitrogen and oxygen atoms in total. The van der Waals surface area contributed by atoms with Crippen LogP contribution >= 0.6 is 11.6 Å². The molecule has 0 bridgehead atoms. The molecule has 0 unspecified atom stereocenters. The topological polar surface area (TPSA) is 42.1 Å². The molecule has 1 heterocycles. The fourth-order valence-corrected chi connectivity index (χ4v) is 2.05. The lowest BCUT2D eigenvalue weighted by atomic mass is 10.2. The lowest BCUT2D eigenvalue weighted by Gasteiger charge is -2.00. The summed E-state index contributed by atoms with van der Waals surface area (Å²) in [4.78, 5) is 14.9. The number of nitrogens with one attached hydrogen (secondary N) is 1. The van der Waals surface area contributed by atoms with Crippen molar-refractivity contribution in [3.05, 3.63) is 65.2 Å². The second-order valence-corrected chi connectivity index (χ2v) is 4.56. The predicted molar refractivity (Wildman–Crippen MR) is 74.7 cm³/mol. The predicted octanol–water partition coefficient (Wildman–Crippen LogP) is 4.04. The highest BCUT2D eigenvalue weighted by molar-refractivity contribution is 6.31. The van der Waals surface area contributed by atoms with Crippen molar-refractivity contribution in [2.24, 2.45) is 0 Å². The Hall–Kier alpha value is -2.26. The first-order valence-electron chi connectivity index (χ1n) is 5.78. The molecule has 3 rings (SSSR count). The van der Waals surface area contributed by atoms with Crippen molar-refractivity contribution in [1.82, 2.24) is 4.98 Å². The van der Waals surface area contributed by atoms with E-state index in [0.29, 0.717) is 16.5 Å². The molecule has 0 fully saturated rings. The molecule has 1 N–H and O–H groups in total. The van der Waals surface area contributed by atoms with Gasteiger partial charge in [0, 0.05) is 22.0 Å². The number of aromatic nitrogens is 1. The number of benzene rings is 2. The Labute approximate surface area is 114 Å². The normalized spacial score (nSPS) is 10.6. The number of esters is 1. The molecular formula is C15H10ClNO2. The van der Waals surface area contributed by atoms with Crippen LogP contribution in [0.15, 0.2) is 54.6 Å². The van der Waals surface area contributed by atoms with E-state index < -0.39 is 5.97 Å². The van der Waals surface area contributed by atoms with Crippen LogP contribution in [0.25, 0.3) is 10.9 Å². The Balaban J connectivity index is 1.87. The van der Waals surface area contributed by atoms with Crippen molar-refractivity contribution in [3.8, 4) is 5.88 Å². The highest BCUT2D eigenvalue weighted by atomic mass is 35.5. The van der Waals surface area contributed by atoms with Gasteiger partial charge in [0.05, 0.1) is 5.56 Å². The van der Waals surface area contributed by atoms with Gasteiger partial charge < -0.3 is 9.72 Å². The van der Waals surface area contributed by atoms with Crippen LogP contribution in [0, 0.1) is 0 Å². The summed E-state index contributed by atoms with van der Waals surface area (Å²) in [6.45, 7) is 0. The molecule has 0 aliphatic rings. The first-order chi connectivity index (χ1) is 9.22. The van der Waals surface area contributed by atoms with Crippen LogP contribution in [0.4, 0.5) is 0 Å². The third-order valence-electron chi connectivity index (χ3n) is 2.77. The van der Waals surface area contributed by atoms with Crippen LogP contribution in [-0.2, 0) is 0 Å². The molecular weight excluding hydrogens is 262 g/mol. The second kappa shape index (κ2) is 4.78. The zero-order valence-electron chi connectivity index (χ0n) is 9.89. The first-order valence-corrected chi connectivity index (χ1v) is 6.16. The van der Waals surface area contributed by atoms with Crippen LogP contribution < -0.4 is 4.74 Å². The van der Waals surface area contributed by atoms with E-state index in [4.69, 9.17) is 16.3 Å². The summed E-state index contributed by atoms with van der Waals surface area (Å²) in [5.74, 6) is 0.0179. The van der Waals surface area contributed by atoms with Gasteiger partial charge in [-0.3, -0.25) is 0 Å². The molecule has 0 amide bonds. The number of hydrogen-bond donors (Lipinski definition) is 1. The molecule has 0 saturated carbocycles. The fraction of sp³-hybridized carbons (Fsp3) is 0. The third kappa shape index (κ3) is 2.46. The number of carbonyl (C=O) groups excluding carboxylic acids is 1. The molecule has 1 aromatic heterocycles. The number of hydrogen-bond acceptors (Lipinski definition) is 2. The summed E-state index contributed by atoms with van der Waals surface area (Å²) in [6, 6.07) is 16.0. The third-order valence-corrected chi connectivity index (χ3v) is 3.01. The van der Waals surface area contributed by atoms with Gasteiger partial charge in [-0.1, -0.05) is 29.8 Å². The van der Waals surface area contributed by atoms with Gasteiger partial charge in [-0.2, -0.15) is 0 Å². The fourth-order valence-electron chi connectivity index (χ4n) is 1.86. The number of halogens is 1. The summed E-state index contributed by atoms with van der Waals surface area (Å²) in [6.07, 6.45) is 0. The van der Waals surface area contributed by atoms with Crippen LogP contribution in [0.2, 0.25) is 5.02 Å². The number of ether oxygens (including phenoxy) is 1. The van der Waals surface area contributed by atoms with Crippen LogP contribution in [0.3, 0.4) is 0 Å². The number of fused-ring (bicyclic) bond motifs is 1. The van der Waals surface area contributed by atoms with Gasteiger partial charge in [-0.05, 0) is 30.3 Å². The average Bonchev–Trinajstić information content (AvgIpc) is 2.81. The zero-order chi connectivity index (χ0) is 13.2. The summed E-state index contributed by atoms with van der Waals surface area (Å²) in [7, 11) is 0. The summed E-state index contributed by atoms with van der Waals surface area (Å²) >= 11 is 5.91. The number of H-pyrrole nitrogens is 1. The summed E-state index contributed by atoms with van der Waals surface area (Å²) < 4.78 is 5.29. The maximum absolute atomic E-state index is 11.9. The minimum absolute atomic E-state index is 0.391. The molecule has 19 heavy (non-hydrogen) atoms. The molecule has 4 heteroatoms. The molecule has 0 atom stereocenters. The summed E-state index contributed by atoms with van der Waals surface area (Å²) in [5.41, 5.74) is 1.39. The van der Waals surface area contributed by atoms with E-state index in [1.165, 1.54) is 0 Å². The van der Waals surface area contributed by atoms with E-state index in [1.807, 2.05) is 18.2 Å². The van der Waals surface area contributed by atoms with E-state index in [0.717, 1.165) is 10.9 Å². The standard InChI is InChI=1S/C15H10ClNO2/c16-12-6-7-13-11(8-12)9-14(17-13)19-15(18)10-4-2-1-3-5-10/h1-9,17H. The molecule has 3 aromatic rings. The van der Waals surface area contributed by atoms with Crippen molar-refractivity contribution in [1.29, 1.82) is 0 Å². The van der Waals surface area contributed by atoms with E-state index in [-0.39, 0.29) is 0 Å². The van der Waals surface area contributed by atoms with Crippen molar-refractivity contribution in [2.45, 2.75) is 0 Å². The lowest BCUT2D eigenvalue weighted by Crippen LogP contribution is -2.08. The molecule has 2 aromatic carbocycles. The van der Waals surface area contributed by atoms with Gasteiger partial charge >= 0.3 is 5.97 Å². The van der Waals surface area contributed by atoms with Crippen LogP contribution in [0.1, 0.15) is 10.4 Å². The molecule has 0 spiro atoms. The monoisotopic (exact) mass is 271 g/mol. The smallest absolute Gasteiger partial charge is 0.344 e.